The van der Waals surface area contributed by atoms with Crippen molar-refractivity contribution < 1.29 is 19.4 Å². The smallest absolute Gasteiger partial charge is 0.320 e. The van der Waals surface area contributed by atoms with E-state index in [4.69, 9.17) is 9.84 Å². The molecular weight excluding hydrogens is 260 g/mol. The standard InChI is InChI=1S/C14H26N2O4/c1-11(12-6-7-12)16(9-10-20-3)14(19)15(2)8-4-5-13(17)18/h11-12H,4-10H2,1-3H3,(H,17,18). The van der Waals surface area contributed by atoms with Gasteiger partial charge in [-0.05, 0) is 32.1 Å². The molecule has 20 heavy (non-hydrogen) atoms. The molecule has 116 valence electrons. The third-order valence-electron chi connectivity index (χ3n) is 3.79. The van der Waals surface area contributed by atoms with Gasteiger partial charge in [0.15, 0.2) is 0 Å². The molecule has 1 saturated carbocycles. The van der Waals surface area contributed by atoms with E-state index < -0.39 is 5.97 Å². The molecule has 0 radical (unpaired) electrons. The summed E-state index contributed by atoms with van der Waals surface area (Å²) in [7, 11) is 3.35. The molecule has 1 unspecified atom stereocenters. The van der Waals surface area contributed by atoms with E-state index in [9.17, 15) is 9.59 Å². The Labute approximate surface area is 120 Å². The zero-order chi connectivity index (χ0) is 15.1. The highest BCUT2D eigenvalue weighted by Crippen LogP contribution is 2.35. The second-order valence-electron chi connectivity index (χ2n) is 5.47. The fourth-order valence-corrected chi connectivity index (χ4v) is 2.28. The molecule has 6 heteroatoms. The molecule has 0 aromatic heterocycles. The van der Waals surface area contributed by atoms with Crippen LogP contribution in [0.4, 0.5) is 4.79 Å². The van der Waals surface area contributed by atoms with Crippen LogP contribution < -0.4 is 0 Å². The second-order valence-corrected chi connectivity index (χ2v) is 5.47. The summed E-state index contributed by atoms with van der Waals surface area (Å²) in [5, 5.41) is 8.63. The van der Waals surface area contributed by atoms with Crippen LogP contribution in [0.1, 0.15) is 32.6 Å². The van der Waals surface area contributed by atoms with E-state index >= 15 is 0 Å². The number of carbonyl (C=O) groups is 2. The van der Waals surface area contributed by atoms with Crippen LogP contribution in [0, 0.1) is 5.92 Å². The number of carboxylic acid groups (broad SMARTS) is 1. The van der Waals surface area contributed by atoms with Gasteiger partial charge in [0, 0.05) is 39.7 Å². The van der Waals surface area contributed by atoms with Crippen molar-refractivity contribution in [2.75, 3.05) is 33.9 Å². The largest absolute Gasteiger partial charge is 0.481 e. The highest BCUT2D eigenvalue weighted by molar-refractivity contribution is 5.74. The van der Waals surface area contributed by atoms with Gasteiger partial charge in [-0.2, -0.15) is 0 Å². The number of rotatable bonds is 9. The second kappa shape index (κ2) is 8.09. The molecule has 0 aromatic carbocycles. The number of hydrogen-bond acceptors (Lipinski definition) is 3. The van der Waals surface area contributed by atoms with Crippen molar-refractivity contribution in [2.24, 2.45) is 5.92 Å². The predicted octanol–water partition coefficient (Wildman–Crippen LogP) is 1.65. The average molecular weight is 286 g/mol. The molecule has 1 N–H and O–H groups in total. The number of ether oxygens (including phenoxy) is 1. The zero-order valence-corrected chi connectivity index (χ0v) is 12.7. The summed E-state index contributed by atoms with van der Waals surface area (Å²) in [5.41, 5.74) is 0. The monoisotopic (exact) mass is 286 g/mol. The quantitative estimate of drug-likeness (QED) is 0.699. The van der Waals surface area contributed by atoms with Crippen molar-refractivity contribution in [2.45, 2.75) is 38.6 Å². The Morgan fingerprint density at radius 3 is 2.50 bits per heavy atom. The molecular formula is C14H26N2O4. The average Bonchev–Trinajstić information content (AvgIpc) is 3.22. The Kier molecular flexibility index (Phi) is 6.78. The minimum Gasteiger partial charge on any atom is -0.481 e. The van der Waals surface area contributed by atoms with Gasteiger partial charge in [0.2, 0.25) is 0 Å². The number of carboxylic acids is 1. The fraction of sp³-hybridized carbons (Fsp3) is 0.857. The van der Waals surface area contributed by atoms with Crippen molar-refractivity contribution in [1.82, 2.24) is 9.80 Å². The van der Waals surface area contributed by atoms with Gasteiger partial charge in [-0.1, -0.05) is 0 Å². The first-order valence-corrected chi connectivity index (χ1v) is 7.19. The molecule has 0 aliphatic heterocycles. The molecule has 0 saturated heterocycles. The Morgan fingerprint density at radius 2 is 2.00 bits per heavy atom. The Hall–Kier alpha value is -1.30. The molecule has 1 rings (SSSR count). The fourth-order valence-electron chi connectivity index (χ4n) is 2.28. The van der Waals surface area contributed by atoms with Gasteiger partial charge in [0.05, 0.1) is 6.61 Å². The van der Waals surface area contributed by atoms with E-state index in [2.05, 4.69) is 6.92 Å². The Balaban J connectivity index is 2.49. The summed E-state index contributed by atoms with van der Waals surface area (Å²) >= 11 is 0. The lowest BCUT2D eigenvalue weighted by molar-refractivity contribution is -0.137. The first kappa shape index (κ1) is 16.8. The van der Waals surface area contributed by atoms with E-state index in [1.807, 2.05) is 4.90 Å². The SMILES string of the molecule is COCCN(C(=O)N(C)CCCC(=O)O)C(C)C1CC1. The third-order valence-corrected chi connectivity index (χ3v) is 3.79. The number of urea groups is 1. The summed E-state index contributed by atoms with van der Waals surface area (Å²) in [6.45, 7) is 3.64. The van der Waals surface area contributed by atoms with E-state index in [1.54, 1.807) is 19.1 Å². The van der Waals surface area contributed by atoms with Crippen LogP contribution in [0.25, 0.3) is 0 Å². The topological polar surface area (TPSA) is 70.1 Å². The molecule has 0 bridgehead atoms. The molecule has 1 atom stereocenters. The molecule has 6 nitrogen and oxygen atoms in total. The van der Waals surface area contributed by atoms with Crippen molar-refractivity contribution in [3.05, 3.63) is 0 Å². The minimum absolute atomic E-state index is 0.0353. The van der Waals surface area contributed by atoms with Crippen LogP contribution >= 0.6 is 0 Å². The minimum atomic E-state index is -0.826. The number of nitrogens with zero attached hydrogens (tertiary/aromatic N) is 2. The number of aliphatic carboxylic acids is 1. The van der Waals surface area contributed by atoms with Crippen molar-refractivity contribution in [3.8, 4) is 0 Å². The van der Waals surface area contributed by atoms with Gasteiger partial charge in [-0.15, -0.1) is 0 Å². The van der Waals surface area contributed by atoms with Crippen LogP contribution in [0.2, 0.25) is 0 Å². The van der Waals surface area contributed by atoms with E-state index in [0.29, 0.717) is 32.0 Å². The van der Waals surface area contributed by atoms with Crippen LogP contribution in [-0.2, 0) is 9.53 Å². The Bertz CT molecular complexity index is 331. The van der Waals surface area contributed by atoms with E-state index in [1.165, 1.54) is 12.8 Å². The number of amides is 2. The highest BCUT2D eigenvalue weighted by Gasteiger charge is 2.35. The summed E-state index contributed by atoms with van der Waals surface area (Å²) < 4.78 is 5.08. The molecule has 1 aliphatic rings. The third kappa shape index (κ3) is 5.36. The van der Waals surface area contributed by atoms with Crippen molar-refractivity contribution in [1.29, 1.82) is 0 Å². The van der Waals surface area contributed by atoms with Crippen LogP contribution in [-0.4, -0.2) is 66.8 Å². The maximum atomic E-state index is 12.4. The Morgan fingerprint density at radius 1 is 1.35 bits per heavy atom. The van der Waals surface area contributed by atoms with Crippen molar-refractivity contribution >= 4 is 12.0 Å². The van der Waals surface area contributed by atoms with Crippen LogP contribution in [0.5, 0.6) is 0 Å². The number of hydrogen-bond donors (Lipinski definition) is 1. The summed E-state index contributed by atoms with van der Waals surface area (Å²) in [5.74, 6) is -0.225. The lowest BCUT2D eigenvalue weighted by Crippen LogP contribution is -2.48. The van der Waals surface area contributed by atoms with E-state index in [0.717, 1.165) is 0 Å². The van der Waals surface area contributed by atoms with Gasteiger partial charge in [-0.3, -0.25) is 4.79 Å². The predicted molar refractivity (Wildman–Crippen MR) is 75.7 cm³/mol. The van der Waals surface area contributed by atoms with Gasteiger partial charge in [0.25, 0.3) is 0 Å². The number of methoxy groups -OCH3 is 1. The molecule has 0 heterocycles. The van der Waals surface area contributed by atoms with Crippen molar-refractivity contribution in [3.63, 3.8) is 0 Å². The van der Waals surface area contributed by atoms with Gasteiger partial charge in [-0.25, -0.2) is 4.79 Å². The molecule has 0 spiro atoms. The van der Waals surface area contributed by atoms with E-state index in [-0.39, 0.29) is 18.5 Å². The maximum Gasteiger partial charge on any atom is 0.320 e. The first-order valence-electron chi connectivity index (χ1n) is 7.19. The maximum absolute atomic E-state index is 12.4. The molecule has 1 aliphatic carbocycles. The molecule has 0 aromatic rings. The summed E-state index contributed by atoms with van der Waals surface area (Å²) in [6.07, 6.45) is 2.93. The van der Waals surface area contributed by atoms with Gasteiger partial charge >= 0.3 is 12.0 Å². The molecule has 1 fully saturated rings. The normalized spacial score (nSPS) is 15.8. The zero-order valence-electron chi connectivity index (χ0n) is 12.7. The first-order chi connectivity index (χ1) is 9.47. The van der Waals surface area contributed by atoms with Gasteiger partial charge in [0.1, 0.15) is 0 Å². The number of carbonyl (C=O) groups excluding carboxylic acids is 1. The van der Waals surface area contributed by atoms with Crippen LogP contribution in [0.3, 0.4) is 0 Å². The lowest BCUT2D eigenvalue weighted by Gasteiger charge is -2.33. The highest BCUT2D eigenvalue weighted by atomic mass is 16.5. The van der Waals surface area contributed by atoms with Crippen LogP contribution in [0.15, 0.2) is 0 Å². The molecule has 2 amide bonds. The lowest BCUT2D eigenvalue weighted by atomic mass is 10.2. The summed E-state index contributed by atoms with van der Waals surface area (Å²) in [6, 6.07) is 0.186. The summed E-state index contributed by atoms with van der Waals surface area (Å²) in [4.78, 5) is 26.4. The van der Waals surface area contributed by atoms with Gasteiger partial charge < -0.3 is 19.6 Å².